The molecular weight excluding hydrogens is 508 g/mol. The van der Waals surface area contributed by atoms with E-state index in [9.17, 15) is 18.4 Å². The van der Waals surface area contributed by atoms with Crippen LogP contribution in [0.25, 0.3) is 22.2 Å². The van der Waals surface area contributed by atoms with E-state index in [1.54, 1.807) is 32.0 Å². The Bertz CT molecular complexity index is 1810. The van der Waals surface area contributed by atoms with E-state index in [2.05, 4.69) is 25.5 Å². The van der Waals surface area contributed by atoms with Gasteiger partial charge in [0.05, 0.1) is 18.2 Å². The second-order valence-electron chi connectivity index (χ2n) is 8.59. The van der Waals surface area contributed by atoms with E-state index in [1.807, 2.05) is 0 Å². The van der Waals surface area contributed by atoms with Crippen molar-refractivity contribution in [2.75, 3.05) is 12.4 Å². The number of carbonyl (C=O) groups is 1. The van der Waals surface area contributed by atoms with E-state index in [-0.39, 0.29) is 22.7 Å². The molecule has 0 aliphatic carbocycles. The molecule has 0 fully saturated rings. The lowest BCUT2D eigenvalue weighted by molar-refractivity contribution is 0.102. The number of aryl methyl sites for hydroxylation is 2. The first-order valence-electron chi connectivity index (χ1n) is 11.7. The molecule has 0 bridgehead atoms. The number of nitrogens with one attached hydrogen (secondary N) is 2. The van der Waals surface area contributed by atoms with Crippen molar-refractivity contribution in [1.29, 1.82) is 0 Å². The van der Waals surface area contributed by atoms with Crippen LogP contribution in [0.5, 0.6) is 17.4 Å². The molecule has 0 aliphatic rings. The van der Waals surface area contributed by atoms with Crippen molar-refractivity contribution in [1.82, 2.24) is 20.2 Å². The van der Waals surface area contributed by atoms with Crippen molar-refractivity contribution in [3.63, 3.8) is 0 Å². The topological polar surface area (TPSA) is 119 Å². The van der Waals surface area contributed by atoms with Crippen molar-refractivity contribution in [3.8, 4) is 28.5 Å². The fourth-order valence-corrected chi connectivity index (χ4v) is 4.07. The van der Waals surface area contributed by atoms with E-state index < -0.39 is 28.7 Å². The summed E-state index contributed by atoms with van der Waals surface area (Å²) >= 11 is 0. The van der Waals surface area contributed by atoms with Crippen LogP contribution < -0.4 is 20.2 Å². The highest BCUT2D eigenvalue weighted by atomic mass is 19.1. The van der Waals surface area contributed by atoms with Gasteiger partial charge in [-0.05, 0) is 55.3 Å². The summed E-state index contributed by atoms with van der Waals surface area (Å²) in [5, 5.41) is 9.03. The summed E-state index contributed by atoms with van der Waals surface area (Å²) in [5.74, 6) is -1.58. The lowest BCUT2D eigenvalue weighted by Gasteiger charge is -2.12. The van der Waals surface area contributed by atoms with Crippen LogP contribution in [0.3, 0.4) is 0 Å². The molecule has 39 heavy (non-hydrogen) atoms. The second kappa shape index (κ2) is 10.3. The van der Waals surface area contributed by atoms with Crippen LogP contribution in [-0.2, 0) is 0 Å². The standard InChI is InChI=1S/C28H21F2N5O4/c1-14-12-16(29)4-6-18(14)24-15(2)34-35-26(27(24)36)28(37)32-17-5-8-21(19(30)13-17)39-22-10-11-31-20-7-9-23(38-3)33-25(20)22/h4-13H,1-3H3,(H,32,37)(H,34,36). The zero-order valence-corrected chi connectivity index (χ0v) is 21.0. The summed E-state index contributed by atoms with van der Waals surface area (Å²) in [6.45, 7) is 3.28. The Morgan fingerprint density at radius 2 is 1.82 bits per heavy atom. The Labute approximate surface area is 220 Å². The molecule has 0 saturated heterocycles. The number of aromatic amines is 1. The maximum absolute atomic E-state index is 15.0. The van der Waals surface area contributed by atoms with Gasteiger partial charge in [0.2, 0.25) is 11.3 Å². The lowest BCUT2D eigenvalue weighted by atomic mass is 9.98. The van der Waals surface area contributed by atoms with Crippen LogP contribution in [0.1, 0.15) is 21.7 Å². The minimum absolute atomic E-state index is 0.0746. The van der Waals surface area contributed by atoms with Crippen molar-refractivity contribution < 1.29 is 23.0 Å². The molecule has 0 saturated carbocycles. The first-order chi connectivity index (χ1) is 18.7. The van der Waals surface area contributed by atoms with Crippen LogP contribution in [0.4, 0.5) is 14.5 Å². The number of rotatable bonds is 6. The van der Waals surface area contributed by atoms with Gasteiger partial charge in [-0.25, -0.2) is 13.8 Å². The molecule has 0 spiro atoms. The predicted octanol–water partition coefficient (Wildman–Crippen LogP) is 5.33. The number of ether oxygens (including phenoxy) is 2. The van der Waals surface area contributed by atoms with E-state index >= 15 is 0 Å². The largest absolute Gasteiger partial charge is 0.481 e. The number of amides is 1. The fourth-order valence-electron chi connectivity index (χ4n) is 4.07. The molecule has 5 aromatic rings. The van der Waals surface area contributed by atoms with Gasteiger partial charge in [-0.3, -0.25) is 19.7 Å². The van der Waals surface area contributed by atoms with Gasteiger partial charge in [0.15, 0.2) is 23.0 Å². The average molecular weight is 530 g/mol. The van der Waals surface area contributed by atoms with Gasteiger partial charge in [-0.1, -0.05) is 6.07 Å². The van der Waals surface area contributed by atoms with Gasteiger partial charge in [0.25, 0.3) is 5.91 Å². The van der Waals surface area contributed by atoms with Crippen LogP contribution in [-0.4, -0.2) is 33.2 Å². The molecule has 1 amide bonds. The SMILES string of the molecule is COc1ccc2nccc(Oc3ccc(NC(=O)c4n[nH]c(C)c(-c5ccc(F)cc5C)c4=O)cc3F)c2n1. The number of pyridine rings is 2. The molecular formula is C28H21F2N5O4. The van der Waals surface area contributed by atoms with Gasteiger partial charge < -0.3 is 14.8 Å². The third-order valence-electron chi connectivity index (χ3n) is 5.97. The van der Waals surface area contributed by atoms with Crippen LogP contribution in [0.2, 0.25) is 0 Å². The number of anilines is 1. The van der Waals surface area contributed by atoms with Gasteiger partial charge in [-0.15, -0.1) is 0 Å². The molecule has 9 nitrogen and oxygen atoms in total. The minimum atomic E-state index is -0.846. The van der Waals surface area contributed by atoms with Gasteiger partial charge in [0.1, 0.15) is 11.3 Å². The summed E-state index contributed by atoms with van der Waals surface area (Å²) in [6.07, 6.45) is 1.51. The molecule has 0 aliphatic heterocycles. The van der Waals surface area contributed by atoms with Crippen molar-refractivity contribution in [2.24, 2.45) is 0 Å². The summed E-state index contributed by atoms with van der Waals surface area (Å²) in [5.41, 5.74) is 1.51. The Morgan fingerprint density at radius 3 is 2.56 bits per heavy atom. The van der Waals surface area contributed by atoms with Gasteiger partial charge >= 0.3 is 0 Å². The number of benzene rings is 2. The highest BCUT2D eigenvalue weighted by Gasteiger charge is 2.21. The monoisotopic (exact) mass is 529 g/mol. The Morgan fingerprint density at radius 1 is 1.00 bits per heavy atom. The number of fused-ring (bicyclic) bond motifs is 1. The van der Waals surface area contributed by atoms with Crippen molar-refractivity contribution >= 4 is 22.6 Å². The zero-order valence-electron chi connectivity index (χ0n) is 21.0. The summed E-state index contributed by atoms with van der Waals surface area (Å²) in [6, 6.07) is 12.7. The van der Waals surface area contributed by atoms with E-state index in [0.29, 0.717) is 33.7 Å². The lowest BCUT2D eigenvalue weighted by Crippen LogP contribution is -2.26. The quantitative estimate of drug-likeness (QED) is 0.305. The second-order valence-corrected chi connectivity index (χ2v) is 8.59. The molecule has 0 unspecified atom stereocenters. The predicted molar refractivity (Wildman–Crippen MR) is 140 cm³/mol. The normalized spacial score (nSPS) is 10.9. The number of carbonyl (C=O) groups excluding carboxylic acids is 1. The molecule has 0 radical (unpaired) electrons. The Hall–Kier alpha value is -5.19. The number of nitrogens with zero attached hydrogens (tertiary/aromatic N) is 3. The smallest absolute Gasteiger partial charge is 0.280 e. The number of hydrogen-bond donors (Lipinski definition) is 2. The first-order valence-corrected chi connectivity index (χ1v) is 11.7. The zero-order chi connectivity index (χ0) is 27.7. The van der Waals surface area contributed by atoms with Gasteiger partial charge in [-0.2, -0.15) is 5.10 Å². The average Bonchev–Trinajstić information content (AvgIpc) is 2.91. The summed E-state index contributed by atoms with van der Waals surface area (Å²) in [4.78, 5) is 34.6. The summed E-state index contributed by atoms with van der Waals surface area (Å²) < 4.78 is 39.5. The Kier molecular flexibility index (Phi) is 6.72. The minimum Gasteiger partial charge on any atom is -0.481 e. The number of halogens is 2. The third-order valence-corrected chi connectivity index (χ3v) is 5.97. The maximum Gasteiger partial charge on any atom is 0.280 e. The number of H-pyrrole nitrogens is 1. The van der Waals surface area contributed by atoms with Crippen LogP contribution in [0, 0.1) is 25.5 Å². The van der Waals surface area contributed by atoms with Crippen LogP contribution >= 0.6 is 0 Å². The first kappa shape index (κ1) is 25.5. The van der Waals surface area contributed by atoms with Crippen LogP contribution in [0.15, 0.2) is 65.6 Å². The van der Waals surface area contributed by atoms with Crippen molar-refractivity contribution in [2.45, 2.75) is 13.8 Å². The highest BCUT2D eigenvalue weighted by Crippen LogP contribution is 2.31. The van der Waals surface area contributed by atoms with E-state index in [1.165, 1.54) is 43.6 Å². The molecule has 2 N–H and O–H groups in total. The summed E-state index contributed by atoms with van der Waals surface area (Å²) in [7, 11) is 1.47. The molecule has 11 heteroatoms. The molecule has 0 atom stereocenters. The molecule has 3 heterocycles. The van der Waals surface area contributed by atoms with E-state index in [0.717, 1.165) is 6.07 Å². The molecule has 2 aromatic carbocycles. The fraction of sp³-hybridized carbons (Fsp3) is 0.107. The number of aromatic nitrogens is 4. The Balaban J connectivity index is 1.40. The highest BCUT2D eigenvalue weighted by molar-refractivity contribution is 6.03. The molecule has 196 valence electrons. The van der Waals surface area contributed by atoms with Crippen molar-refractivity contribution in [3.05, 3.63) is 99.6 Å². The third kappa shape index (κ3) is 5.01. The molecule has 3 aromatic heterocycles. The van der Waals surface area contributed by atoms with E-state index in [4.69, 9.17) is 9.47 Å². The maximum atomic E-state index is 15.0. The number of hydrogen-bond acceptors (Lipinski definition) is 7. The molecule has 5 rings (SSSR count). The number of methoxy groups -OCH3 is 1. The van der Waals surface area contributed by atoms with Gasteiger partial charge in [0, 0.05) is 35.8 Å².